The summed E-state index contributed by atoms with van der Waals surface area (Å²) in [6.45, 7) is -0.920. The van der Waals surface area contributed by atoms with Gasteiger partial charge in [-0.3, -0.25) is 28.8 Å². The van der Waals surface area contributed by atoms with Gasteiger partial charge < -0.3 is 25.8 Å². The lowest BCUT2D eigenvalue weighted by Crippen LogP contribution is -2.54. The minimum atomic E-state index is -1.23. The van der Waals surface area contributed by atoms with Crippen LogP contribution in [0.4, 0.5) is 0 Å². The SMILES string of the molecule is O=C(O)CNC(=O)[C@H]1CC(=O)[C@H](Cc2ccccc2)NC(=O)[C@H](Cc2ccc(-c3ccccc3)cc2)NC(=O)[C@H](Cc2cccs2)CC(=O)COc2ccc(cc2)C1. The zero-order valence-corrected chi connectivity index (χ0v) is 32.6. The van der Waals surface area contributed by atoms with Crippen molar-refractivity contribution in [3.05, 3.63) is 148 Å². The van der Waals surface area contributed by atoms with E-state index in [-0.39, 0.29) is 50.9 Å². The van der Waals surface area contributed by atoms with Crippen LogP contribution in [-0.2, 0) is 54.5 Å². The second-order valence-corrected chi connectivity index (χ2v) is 15.5. The van der Waals surface area contributed by atoms with E-state index >= 15 is 0 Å². The highest BCUT2D eigenvalue weighted by Gasteiger charge is 2.33. The van der Waals surface area contributed by atoms with Gasteiger partial charge in [0.2, 0.25) is 17.7 Å². The molecule has 0 fully saturated rings. The minimum absolute atomic E-state index is 0.0792. The van der Waals surface area contributed by atoms with Gasteiger partial charge in [-0.05, 0) is 70.7 Å². The standard InChI is InChI=1S/C46H45N3O8S/c50-37-25-36(26-39-12-7-21-58-39)45(55)49-41(24-32-13-17-34(18-14-32)33-10-5-2-6-11-33)46(56)48-40(23-30-8-3-1-4-9-30)42(51)27-35(44(54)47-28-43(52)53)22-31-15-19-38(20-16-31)57-29-37/h1-21,35-36,40-41H,22-29H2,(H,47,54)(H,48,56)(H,49,55)(H,52,53)/t35-,36+,40+,41+/m1/s1. The number of hydrogen-bond acceptors (Lipinski definition) is 8. The second-order valence-electron chi connectivity index (χ2n) is 14.4. The summed E-state index contributed by atoms with van der Waals surface area (Å²) in [7, 11) is 0. The van der Waals surface area contributed by atoms with Crippen LogP contribution in [-0.4, -0.2) is 65.6 Å². The van der Waals surface area contributed by atoms with Gasteiger partial charge in [-0.15, -0.1) is 11.3 Å². The Labute approximate surface area is 340 Å². The van der Waals surface area contributed by atoms with Crippen LogP contribution in [0, 0.1) is 11.8 Å². The fourth-order valence-corrected chi connectivity index (χ4v) is 7.74. The summed E-state index contributed by atoms with van der Waals surface area (Å²) < 4.78 is 5.80. The highest BCUT2D eigenvalue weighted by molar-refractivity contribution is 7.09. The normalized spacial score (nSPS) is 19.4. The van der Waals surface area contributed by atoms with Gasteiger partial charge in [-0.2, -0.15) is 0 Å². The number of rotatable bonds is 10. The molecule has 7 rings (SSSR count). The third-order valence-electron chi connectivity index (χ3n) is 10.0. The summed E-state index contributed by atoms with van der Waals surface area (Å²) in [5, 5.41) is 19.4. The molecule has 0 saturated carbocycles. The van der Waals surface area contributed by atoms with E-state index in [0.29, 0.717) is 11.3 Å². The summed E-state index contributed by atoms with van der Waals surface area (Å²) in [5.41, 5.74) is 4.18. The number of nitrogens with one attached hydrogen (secondary N) is 3. The van der Waals surface area contributed by atoms with Gasteiger partial charge in [-0.25, -0.2) is 0 Å². The van der Waals surface area contributed by atoms with E-state index in [1.54, 1.807) is 24.3 Å². The minimum Gasteiger partial charge on any atom is -0.486 e. The van der Waals surface area contributed by atoms with E-state index in [9.17, 15) is 33.9 Å². The Bertz CT molecular complexity index is 2180. The van der Waals surface area contributed by atoms with E-state index in [0.717, 1.165) is 27.1 Å². The molecule has 1 aromatic heterocycles. The zero-order valence-electron chi connectivity index (χ0n) is 31.8. The van der Waals surface area contributed by atoms with Crippen LogP contribution >= 0.6 is 11.3 Å². The van der Waals surface area contributed by atoms with E-state index in [1.807, 2.05) is 102 Å². The highest BCUT2D eigenvalue weighted by Crippen LogP contribution is 2.23. The summed E-state index contributed by atoms with van der Waals surface area (Å²) in [6, 6.07) is 34.8. The molecule has 0 spiro atoms. The average Bonchev–Trinajstić information content (AvgIpc) is 3.75. The number of amides is 3. The number of carbonyl (C=O) groups excluding carboxylic acids is 5. The predicted octanol–water partition coefficient (Wildman–Crippen LogP) is 5.40. The molecular weight excluding hydrogens is 755 g/mol. The Kier molecular flexibility index (Phi) is 14.3. The van der Waals surface area contributed by atoms with Gasteiger partial charge in [0, 0.05) is 36.0 Å². The molecule has 2 aliphatic heterocycles. The van der Waals surface area contributed by atoms with Crippen LogP contribution in [0.1, 0.15) is 34.4 Å². The maximum atomic E-state index is 14.5. The zero-order chi connectivity index (χ0) is 40.9. The van der Waals surface area contributed by atoms with Crippen LogP contribution in [0.25, 0.3) is 11.1 Å². The number of hydrogen-bond donors (Lipinski definition) is 4. The summed E-state index contributed by atoms with van der Waals surface area (Å²) in [5.74, 6) is -5.11. The number of benzene rings is 4. The lowest BCUT2D eigenvalue weighted by atomic mass is 9.89. The van der Waals surface area contributed by atoms with Crippen LogP contribution in [0.15, 0.2) is 127 Å². The highest BCUT2D eigenvalue weighted by atomic mass is 32.1. The van der Waals surface area contributed by atoms with E-state index in [1.165, 1.54) is 11.3 Å². The molecule has 298 valence electrons. The van der Waals surface area contributed by atoms with Gasteiger partial charge in [0.1, 0.15) is 24.9 Å². The topological polar surface area (TPSA) is 168 Å². The van der Waals surface area contributed by atoms with Gasteiger partial charge in [0.25, 0.3) is 0 Å². The first-order valence-corrected chi connectivity index (χ1v) is 20.0. The summed E-state index contributed by atoms with van der Waals surface area (Å²) in [6.07, 6.45) is 0.0920. The van der Waals surface area contributed by atoms with Crippen LogP contribution < -0.4 is 20.7 Å². The van der Waals surface area contributed by atoms with Crippen molar-refractivity contribution in [1.29, 1.82) is 0 Å². The van der Waals surface area contributed by atoms with Crippen molar-refractivity contribution in [3.63, 3.8) is 0 Å². The van der Waals surface area contributed by atoms with Crippen molar-refractivity contribution in [3.8, 4) is 16.9 Å². The van der Waals surface area contributed by atoms with Gasteiger partial charge in [-0.1, -0.05) is 103 Å². The maximum Gasteiger partial charge on any atom is 0.322 e. The van der Waals surface area contributed by atoms with E-state index in [4.69, 9.17) is 4.74 Å². The molecular formula is C46H45N3O8S. The molecule has 2 aliphatic rings. The number of carboxylic acid groups (broad SMARTS) is 1. The first kappa shape index (κ1) is 41.2. The van der Waals surface area contributed by atoms with Gasteiger partial charge >= 0.3 is 5.97 Å². The predicted molar refractivity (Wildman–Crippen MR) is 220 cm³/mol. The molecule has 4 aromatic carbocycles. The Morgan fingerprint density at radius 3 is 1.98 bits per heavy atom. The lowest BCUT2D eigenvalue weighted by Gasteiger charge is -2.26. The first-order chi connectivity index (χ1) is 28.1. The number of thiophene rings is 1. The quantitative estimate of drug-likeness (QED) is 0.146. The molecule has 58 heavy (non-hydrogen) atoms. The molecule has 3 amide bonds. The fraction of sp³-hybridized carbons (Fsp3) is 0.261. The number of Topliss-reactive ketones (excluding diaryl/α,β-unsaturated/α-hetero) is 2. The van der Waals surface area contributed by atoms with Crippen molar-refractivity contribution in [1.82, 2.24) is 16.0 Å². The number of fused-ring (bicyclic) bond motifs is 16. The summed E-state index contributed by atoms with van der Waals surface area (Å²) in [4.78, 5) is 82.1. The Morgan fingerprint density at radius 2 is 1.31 bits per heavy atom. The molecule has 0 unspecified atom stereocenters. The maximum absolute atomic E-state index is 14.5. The number of carbonyl (C=O) groups is 6. The molecule has 0 saturated heterocycles. The molecule has 4 N–H and O–H groups in total. The monoisotopic (exact) mass is 799 g/mol. The number of carboxylic acids is 1. The van der Waals surface area contributed by atoms with Gasteiger partial charge in [0.15, 0.2) is 11.6 Å². The lowest BCUT2D eigenvalue weighted by molar-refractivity contribution is -0.139. The Balaban J connectivity index is 1.35. The number of ether oxygens (including phenoxy) is 1. The molecule has 11 nitrogen and oxygen atoms in total. The summed E-state index contributed by atoms with van der Waals surface area (Å²) >= 11 is 1.47. The van der Waals surface area contributed by atoms with Crippen molar-refractivity contribution in [2.75, 3.05) is 13.2 Å². The van der Waals surface area contributed by atoms with Gasteiger partial charge in [0.05, 0.1) is 6.04 Å². The molecule has 3 heterocycles. The van der Waals surface area contributed by atoms with Crippen LogP contribution in [0.5, 0.6) is 5.75 Å². The third-order valence-corrected chi connectivity index (χ3v) is 10.9. The van der Waals surface area contributed by atoms with Crippen molar-refractivity contribution in [2.24, 2.45) is 11.8 Å². The molecule has 0 aliphatic carbocycles. The molecule has 2 bridgehead atoms. The Morgan fingerprint density at radius 1 is 0.672 bits per heavy atom. The molecule has 5 aromatic rings. The fourth-order valence-electron chi connectivity index (χ4n) is 6.95. The second kappa shape index (κ2) is 20.1. The van der Waals surface area contributed by atoms with Crippen molar-refractivity contribution < 1.29 is 38.6 Å². The molecule has 4 atom stereocenters. The number of ketones is 2. The van der Waals surface area contributed by atoms with Crippen LogP contribution in [0.3, 0.4) is 0 Å². The number of aliphatic carboxylic acids is 1. The van der Waals surface area contributed by atoms with E-state index < -0.39 is 59.9 Å². The Hall–Kier alpha value is -6.40. The van der Waals surface area contributed by atoms with E-state index in [2.05, 4.69) is 16.0 Å². The van der Waals surface area contributed by atoms with Crippen molar-refractivity contribution >= 4 is 46.6 Å². The van der Waals surface area contributed by atoms with Crippen LogP contribution in [0.2, 0.25) is 0 Å². The van der Waals surface area contributed by atoms with Crippen molar-refractivity contribution in [2.45, 2.75) is 50.6 Å². The third kappa shape index (κ3) is 12.1. The average molecular weight is 800 g/mol. The first-order valence-electron chi connectivity index (χ1n) is 19.2. The molecule has 0 radical (unpaired) electrons. The smallest absolute Gasteiger partial charge is 0.322 e. The molecule has 12 heteroatoms. The largest absolute Gasteiger partial charge is 0.486 e.